The summed E-state index contributed by atoms with van der Waals surface area (Å²) in [5.74, 6) is -1.57. The Labute approximate surface area is 153 Å². The van der Waals surface area contributed by atoms with Crippen LogP contribution in [0.25, 0.3) is 0 Å². The molecule has 0 spiro atoms. The zero-order valence-electron chi connectivity index (χ0n) is 12.4. The number of ether oxygens (including phenoxy) is 1. The van der Waals surface area contributed by atoms with E-state index in [1.54, 1.807) is 0 Å². The van der Waals surface area contributed by atoms with Crippen LogP contribution in [-0.2, 0) is 4.74 Å². The zero-order chi connectivity index (χ0) is 18.1. The van der Waals surface area contributed by atoms with Gasteiger partial charge in [0.2, 0.25) is 0 Å². The SMILES string of the molecule is O=C1O[C@@H](CN(C(=O)O)c2ccon2)CN1c1cc(F)c(I)c(F)c1. The van der Waals surface area contributed by atoms with Crippen LogP contribution in [0, 0.1) is 15.2 Å². The summed E-state index contributed by atoms with van der Waals surface area (Å²) < 4.78 is 36.9. The van der Waals surface area contributed by atoms with E-state index in [1.807, 2.05) is 0 Å². The van der Waals surface area contributed by atoms with Crippen molar-refractivity contribution in [1.29, 1.82) is 0 Å². The minimum atomic E-state index is -1.31. The Morgan fingerprint density at radius 2 is 2.12 bits per heavy atom. The number of cyclic esters (lactones) is 1. The average Bonchev–Trinajstić information content (AvgIpc) is 3.19. The highest BCUT2D eigenvalue weighted by molar-refractivity contribution is 14.1. The Kier molecular flexibility index (Phi) is 4.74. The van der Waals surface area contributed by atoms with Gasteiger partial charge in [0.15, 0.2) is 5.82 Å². The number of rotatable bonds is 4. The summed E-state index contributed by atoms with van der Waals surface area (Å²) >= 11 is 1.51. The van der Waals surface area contributed by atoms with Gasteiger partial charge in [-0.1, -0.05) is 5.16 Å². The van der Waals surface area contributed by atoms with Gasteiger partial charge in [0.05, 0.1) is 22.3 Å². The maximum Gasteiger partial charge on any atom is 0.414 e. The Balaban J connectivity index is 1.77. The van der Waals surface area contributed by atoms with E-state index in [0.717, 1.165) is 21.9 Å². The van der Waals surface area contributed by atoms with Crippen molar-refractivity contribution in [3.8, 4) is 0 Å². The number of hydrogen-bond donors (Lipinski definition) is 1. The lowest BCUT2D eigenvalue weighted by atomic mass is 10.2. The lowest BCUT2D eigenvalue weighted by molar-refractivity contribution is 0.141. The van der Waals surface area contributed by atoms with Crippen LogP contribution >= 0.6 is 22.6 Å². The normalized spacial score (nSPS) is 16.8. The van der Waals surface area contributed by atoms with Gasteiger partial charge >= 0.3 is 12.2 Å². The molecule has 1 atom stereocenters. The molecule has 1 aromatic heterocycles. The van der Waals surface area contributed by atoms with Gasteiger partial charge in [-0.3, -0.25) is 9.80 Å². The second-order valence-corrected chi connectivity index (χ2v) is 6.17. The number of carbonyl (C=O) groups excluding carboxylic acids is 1. The van der Waals surface area contributed by atoms with Crippen LogP contribution in [0.1, 0.15) is 0 Å². The number of anilines is 2. The summed E-state index contributed by atoms with van der Waals surface area (Å²) in [4.78, 5) is 25.2. The number of halogens is 3. The molecule has 0 unspecified atom stereocenters. The molecule has 1 aliphatic heterocycles. The van der Waals surface area contributed by atoms with Gasteiger partial charge in [-0.05, 0) is 34.7 Å². The maximum atomic E-state index is 13.7. The van der Waals surface area contributed by atoms with E-state index >= 15 is 0 Å². The molecule has 2 aromatic rings. The van der Waals surface area contributed by atoms with Gasteiger partial charge in [0.1, 0.15) is 24.0 Å². The van der Waals surface area contributed by atoms with Crippen LogP contribution in [0.3, 0.4) is 0 Å². The Morgan fingerprint density at radius 1 is 1.44 bits per heavy atom. The Hall–Kier alpha value is -2.44. The molecule has 2 amide bonds. The van der Waals surface area contributed by atoms with Crippen LogP contribution in [-0.4, -0.2) is 41.6 Å². The molecule has 132 valence electrons. The van der Waals surface area contributed by atoms with E-state index in [0.29, 0.717) is 0 Å². The number of nitrogens with zero attached hydrogens (tertiary/aromatic N) is 3. The first-order valence-corrected chi connectivity index (χ1v) is 7.98. The molecule has 1 saturated heterocycles. The molecule has 1 aliphatic rings. The minimum Gasteiger partial charge on any atom is -0.465 e. The molecule has 8 nitrogen and oxygen atoms in total. The summed E-state index contributed by atoms with van der Waals surface area (Å²) in [7, 11) is 0. The first-order valence-electron chi connectivity index (χ1n) is 6.90. The topological polar surface area (TPSA) is 96.1 Å². The van der Waals surface area contributed by atoms with Crippen molar-refractivity contribution in [2.45, 2.75) is 6.10 Å². The van der Waals surface area contributed by atoms with E-state index in [-0.39, 0.29) is 28.2 Å². The summed E-state index contributed by atoms with van der Waals surface area (Å²) in [6.07, 6.45) is -1.77. The van der Waals surface area contributed by atoms with Crippen LogP contribution in [0.4, 0.5) is 29.9 Å². The highest BCUT2D eigenvalue weighted by Gasteiger charge is 2.36. The number of carbonyl (C=O) groups is 2. The summed E-state index contributed by atoms with van der Waals surface area (Å²) in [5, 5.41) is 12.8. The van der Waals surface area contributed by atoms with Gasteiger partial charge in [-0.15, -0.1) is 0 Å². The van der Waals surface area contributed by atoms with Crippen molar-refractivity contribution >= 4 is 46.3 Å². The smallest absolute Gasteiger partial charge is 0.414 e. The lowest BCUT2D eigenvalue weighted by Crippen LogP contribution is -2.38. The van der Waals surface area contributed by atoms with Crippen LogP contribution in [0.5, 0.6) is 0 Å². The number of hydrogen-bond acceptors (Lipinski definition) is 5. The van der Waals surface area contributed by atoms with E-state index in [1.165, 1.54) is 34.9 Å². The Morgan fingerprint density at radius 3 is 2.68 bits per heavy atom. The van der Waals surface area contributed by atoms with Crippen LogP contribution in [0.2, 0.25) is 0 Å². The average molecular weight is 465 g/mol. The molecule has 0 aliphatic carbocycles. The van der Waals surface area contributed by atoms with Crippen molar-refractivity contribution in [1.82, 2.24) is 5.16 Å². The molecule has 3 rings (SSSR count). The van der Waals surface area contributed by atoms with Crippen molar-refractivity contribution in [2.75, 3.05) is 22.9 Å². The molecule has 25 heavy (non-hydrogen) atoms. The van der Waals surface area contributed by atoms with E-state index in [4.69, 9.17) is 4.74 Å². The fourth-order valence-electron chi connectivity index (χ4n) is 2.34. The van der Waals surface area contributed by atoms with Crippen molar-refractivity contribution in [2.24, 2.45) is 0 Å². The zero-order valence-corrected chi connectivity index (χ0v) is 14.5. The number of carboxylic acid groups (broad SMARTS) is 1. The third kappa shape index (κ3) is 3.50. The quantitative estimate of drug-likeness (QED) is 0.551. The number of aromatic nitrogens is 1. The molecule has 2 heterocycles. The predicted octanol–water partition coefficient (Wildman–Crippen LogP) is 3.07. The van der Waals surface area contributed by atoms with Gasteiger partial charge in [0.25, 0.3) is 0 Å². The molecule has 0 radical (unpaired) electrons. The molecular formula is C14H10F2IN3O5. The van der Waals surface area contributed by atoms with E-state index in [9.17, 15) is 23.5 Å². The van der Waals surface area contributed by atoms with Gasteiger partial charge in [0, 0.05) is 6.07 Å². The summed E-state index contributed by atoms with van der Waals surface area (Å²) in [6.45, 7) is -0.278. The molecular weight excluding hydrogens is 455 g/mol. The fourth-order valence-corrected chi connectivity index (χ4v) is 2.66. The van der Waals surface area contributed by atoms with E-state index in [2.05, 4.69) is 9.68 Å². The third-order valence-electron chi connectivity index (χ3n) is 3.47. The monoisotopic (exact) mass is 465 g/mol. The van der Waals surface area contributed by atoms with Crippen molar-refractivity contribution in [3.63, 3.8) is 0 Å². The first-order chi connectivity index (χ1) is 11.9. The molecule has 1 N–H and O–H groups in total. The predicted molar refractivity (Wildman–Crippen MR) is 88.6 cm³/mol. The van der Waals surface area contributed by atoms with Gasteiger partial charge < -0.3 is 14.4 Å². The highest BCUT2D eigenvalue weighted by atomic mass is 127. The van der Waals surface area contributed by atoms with Gasteiger partial charge in [-0.2, -0.15) is 0 Å². The molecule has 1 aromatic carbocycles. The number of amides is 2. The molecule has 0 bridgehead atoms. The maximum absolute atomic E-state index is 13.7. The second-order valence-electron chi connectivity index (χ2n) is 5.09. The highest BCUT2D eigenvalue weighted by Crippen LogP contribution is 2.27. The Bertz CT molecular complexity index is 794. The summed E-state index contributed by atoms with van der Waals surface area (Å²) in [5.41, 5.74) is -0.00812. The van der Waals surface area contributed by atoms with Crippen molar-refractivity contribution < 1.29 is 32.7 Å². The second kappa shape index (κ2) is 6.82. The molecule has 0 saturated carbocycles. The molecule has 1 fully saturated rings. The first kappa shape index (κ1) is 17.4. The third-order valence-corrected chi connectivity index (χ3v) is 4.50. The van der Waals surface area contributed by atoms with Crippen LogP contribution < -0.4 is 9.80 Å². The number of benzene rings is 1. The standard InChI is InChI=1S/C14H10F2IN3O5/c15-9-3-7(4-10(16)12(9)17)19-5-8(25-14(19)23)6-20(13(21)22)11-1-2-24-18-11/h1-4,8H,5-6H2,(H,21,22)/t8-/m1/s1. The van der Waals surface area contributed by atoms with E-state index < -0.39 is 29.9 Å². The van der Waals surface area contributed by atoms with Crippen molar-refractivity contribution in [3.05, 3.63) is 39.7 Å². The van der Waals surface area contributed by atoms with Gasteiger partial charge in [-0.25, -0.2) is 18.4 Å². The fraction of sp³-hybridized carbons (Fsp3) is 0.214. The summed E-state index contributed by atoms with van der Waals surface area (Å²) in [6, 6.07) is 3.37. The minimum absolute atomic E-state index is 0.00812. The van der Waals surface area contributed by atoms with Crippen LogP contribution in [0.15, 0.2) is 29.0 Å². The largest absolute Gasteiger partial charge is 0.465 e. The lowest BCUT2D eigenvalue weighted by Gasteiger charge is -2.19. The molecule has 11 heteroatoms.